The predicted molar refractivity (Wildman–Crippen MR) is 132 cm³/mol. The highest BCUT2D eigenvalue weighted by Gasteiger charge is 2.33. The van der Waals surface area contributed by atoms with Crippen molar-refractivity contribution in [1.29, 1.82) is 0 Å². The summed E-state index contributed by atoms with van der Waals surface area (Å²) in [5.74, 6) is 1.27. The molecule has 184 valence electrons. The first-order valence-corrected chi connectivity index (χ1v) is 13.6. The minimum atomic E-state index is -3.70. The molecule has 2 aliphatic rings. The Balaban J connectivity index is 1.25. The second kappa shape index (κ2) is 9.84. The summed E-state index contributed by atoms with van der Waals surface area (Å²) < 4.78 is 43.9. The normalized spacial score (nSPS) is 18.1. The van der Waals surface area contributed by atoms with E-state index >= 15 is 0 Å². The van der Waals surface area contributed by atoms with Crippen molar-refractivity contribution in [3.8, 4) is 28.5 Å². The van der Waals surface area contributed by atoms with Gasteiger partial charge in [-0.1, -0.05) is 0 Å². The first-order valence-electron chi connectivity index (χ1n) is 11.2. The Morgan fingerprint density at radius 3 is 2.69 bits per heavy atom. The van der Waals surface area contributed by atoms with E-state index in [2.05, 4.69) is 10.3 Å². The Bertz CT molecular complexity index is 1320. The second-order valence-corrected chi connectivity index (χ2v) is 11.1. The number of piperidine rings is 1. The van der Waals surface area contributed by atoms with E-state index in [0.29, 0.717) is 55.0 Å². The van der Waals surface area contributed by atoms with Gasteiger partial charge in [0, 0.05) is 24.0 Å². The van der Waals surface area contributed by atoms with Crippen LogP contribution in [-0.2, 0) is 14.8 Å². The highest BCUT2D eigenvalue weighted by atomic mass is 32.2. The number of carbonyl (C=O) groups excluding carboxylic acids is 1. The first kappa shape index (κ1) is 23.6. The van der Waals surface area contributed by atoms with Gasteiger partial charge in [0.1, 0.15) is 19.0 Å². The Morgan fingerprint density at radius 2 is 1.91 bits per heavy atom. The van der Waals surface area contributed by atoms with Gasteiger partial charge in [0.25, 0.3) is 0 Å². The number of aromatic nitrogens is 1. The van der Waals surface area contributed by atoms with Gasteiger partial charge >= 0.3 is 0 Å². The van der Waals surface area contributed by atoms with Crippen molar-refractivity contribution in [2.45, 2.75) is 17.7 Å². The maximum Gasteiger partial charge on any atom is 0.243 e. The van der Waals surface area contributed by atoms with E-state index < -0.39 is 15.9 Å². The van der Waals surface area contributed by atoms with Crippen LogP contribution in [0.3, 0.4) is 0 Å². The standard InChI is InChI=1S/C24H25N3O6S2/c1-31-18-5-7-19(8-6-18)35(29,30)27-10-2-3-17(14-27)23(28)26-24-25-20(15-34-24)16-4-9-21-22(13-16)33-12-11-32-21/h4-9,13,15,17H,2-3,10-12,14H2,1H3,(H,25,26,28). The molecule has 0 aliphatic carbocycles. The maximum atomic E-state index is 13.1. The van der Waals surface area contributed by atoms with Crippen LogP contribution >= 0.6 is 11.3 Å². The molecule has 1 aromatic heterocycles. The van der Waals surface area contributed by atoms with Crippen LogP contribution in [0, 0.1) is 5.92 Å². The fourth-order valence-corrected chi connectivity index (χ4v) is 6.39. The predicted octanol–water partition coefficient (Wildman–Crippen LogP) is 3.63. The number of amides is 1. The molecule has 3 aromatic rings. The van der Waals surface area contributed by atoms with E-state index in [4.69, 9.17) is 14.2 Å². The van der Waals surface area contributed by atoms with Gasteiger partial charge in [0.05, 0.1) is 23.6 Å². The summed E-state index contributed by atoms with van der Waals surface area (Å²) in [6.45, 7) is 1.53. The summed E-state index contributed by atoms with van der Waals surface area (Å²) in [5.41, 5.74) is 1.58. The lowest BCUT2D eigenvalue weighted by molar-refractivity contribution is -0.120. The Kier molecular flexibility index (Phi) is 6.63. The molecule has 11 heteroatoms. The molecule has 5 rings (SSSR count). The topological polar surface area (TPSA) is 107 Å². The maximum absolute atomic E-state index is 13.1. The molecule has 2 aliphatic heterocycles. The van der Waals surface area contributed by atoms with Crippen molar-refractivity contribution in [3.63, 3.8) is 0 Å². The molecular weight excluding hydrogens is 490 g/mol. The van der Waals surface area contributed by atoms with Crippen molar-refractivity contribution < 1.29 is 27.4 Å². The number of benzene rings is 2. The monoisotopic (exact) mass is 515 g/mol. The van der Waals surface area contributed by atoms with Crippen molar-refractivity contribution in [1.82, 2.24) is 9.29 Å². The third-order valence-corrected chi connectivity index (χ3v) is 8.66. The van der Waals surface area contributed by atoms with Crippen LogP contribution in [0.2, 0.25) is 0 Å². The van der Waals surface area contributed by atoms with Gasteiger partial charge in [-0.05, 0) is 55.3 Å². The van der Waals surface area contributed by atoms with Crippen LogP contribution in [0.15, 0.2) is 52.7 Å². The minimum absolute atomic E-state index is 0.126. The van der Waals surface area contributed by atoms with E-state index in [1.165, 1.54) is 34.9 Å². The van der Waals surface area contributed by atoms with Crippen LogP contribution in [0.4, 0.5) is 5.13 Å². The largest absolute Gasteiger partial charge is 0.497 e. The number of methoxy groups -OCH3 is 1. The van der Waals surface area contributed by atoms with E-state index in [1.54, 1.807) is 12.1 Å². The van der Waals surface area contributed by atoms with Crippen LogP contribution in [0.1, 0.15) is 12.8 Å². The second-order valence-electron chi connectivity index (χ2n) is 8.26. The zero-order valence-corrected chi connectivity index (χ0v) is 20.7. The molecule has 0 saturated carbocycles. The molecule has 9 nitrogen and oxygen atoms in total. The van der Waals surface area contributed by atoms with Gasteiger partial charge in [0.15, 0.2) is 16.6 Å². The molecule has 3 heterocycles. The quantitative estimate of drug-likeness (QED) is 0.534. The summed E-state index contributed by atoms with van der Waals surface area (Å²) in [4.78, 5) is 17.7. The van der Waals surface area contributed by atoms with Gasteiger partial charge in [-0.25, -0.2) is 13.4 Å². The summed E-state index contributed by atoms with van der Waals surface area (Å²) >= 11 is 1.32. The lowest BCUT2D eigenvalue weighted by Crippen LogP contribution is -2.43. The first-order chi connectivity index (χ1) is 16.9. The molecule has 0 spiro atoms. The molecular formula is C24H25N3O6S2. The molecule has 35 heavy (non-hydrogen) atoms. The minimum Gasteiger partial charge on any atom is -0.497 e. The van der Waals surface area contributed by atoms with E-state index in [1.807, 2.05) is 23.6 Å². The summed E-state index contributed by atoms with van der Waals surface area (Å²) in [6.07, 6.45) is 1.22. The zero-order chi connectivity index (χ0) is 24.4. The molecule has 0 bridgehead atoms. The number of anilines is 1. The van der Waals surface area contributed by atoms with Gasteiger partial charge in [-0.15, -0.1) is 11.3 Å². The SMILES string of the molecule is COc1ccc(S(=O)(=O)N2CCCC(C(=O)Nc3nc(-c4ccc5c(c4)OCCO5)cs3)C2)cc1. The summed E-state index contributed by atoms with van der Waals surface area (Å²) in [6, 6.07) is 11.9. The third kappa shape index (κ3) is 4.97. The van der Waals surface area contributed by atoms with Gasteiger partial charge in [0.2, 0.25) is 15.9 Å². The van der Waals surface area contributed by atoms with E-state index in [9.17, 15) is 13.2 Å². The number of ether oxygens (including phenoxy) is 3. The number of fused-ring (bicyclic) bond motifs is 1. The molecule has 1 amide bonds. The van der Waals surface area contributed by atoms with Gasteiger partial charge in [-0.2, -0.15) is 4.31 Å². The number of nitrogens with one attached hydrogen (secondary N) is 1. The highest BCUT2D eigenvalue weighted by molar-refractivity contribution is 7.89. The van der Waals surface area contributed by atoms with E-state index in [-0.39, 0.29) is 17.3 Å². The zero-order valence-electron chi connectivity index (χ0n) is 19.1. The molecule has 2 aromatic carbocycles. The lowest BCUT2D eigenvalue weighted by Gasteiger charge is -2.31. The fourth-order valence-electron chi connectivity index (χ4n) is 4.15. The fraction of sp³-hybridized carbons (Fsp3) is 0.333. The van der Waals surface area contributed by atoms with Crippen LogP contribution in [-0.4, -0.2) is 57.0 Å². The average molecular weight is 516 g/mol. The smallest absolute Gasteiger partial charge is 0.243 e. The number of rotatable bonds is 6. The summed E-state index contributed by atoms with van der Waals surface area (Å²) in [5, 5.41) is 5.20. The van der Waals surface area contributed by atoms with E-state index in [0.717, 1.165) is 11.3 Å². The van der Waals surface area contributed by atoms with Gasteiger partial charge in [-0.3, -0.25) is 4.79 Å². The molecule has 1 saturated heterocycles. The summed E-state index contributed by atoms with van der Waals surface area (Å²) in [7, 11) is -2.18. The molecule has 1 fully saturated rings. The van der Waals surface area contributed by atoms with Crippen molar-refractivity contribution in [2.75, 3.05) is 38.7 Å². The van der Waals surface area contributed by atoms with Crippen LogP contribution < -0.4 is 19.5 Å². The number of carbonyl (C=O) groups is 1. The third-order valence-electron chi connectivity index (χ3n) is 6.02. The average Bonchev–Trinajstić information content (AvgIpc) is 3.37. The molecule has 0 radical (unpaired) electrons. The van der Waals surface area contributed by atoms with Crippen molar-refractivity contribution in [2.24, 2.45) is 5.92 Å². The Labute approximate surface area is 207 Å². The van der Waals surface area contributed by atoms with Gasteiger partial charge < -0.3 is 19.5 Å². The number of hydrogen-bond acceptors (Lipinski definition) is 8. The number of hydrogen-bond donors (Lipinski definition) is 1. The van der Waals surface area contributed by atoms with Crippen molar-refractivity contribution >= 4 is 32.4 Å². The Morgan fingerprint density at radius 1 is 1.14 bits per heavy atom. The van der Waals surface area contributed by atoms with Crippen LogP contribution in [0.25, 0.3) is 11.3 Å². The number of sulfonamides is 1. The lowest BCUT2D eigenvalue weighted by atomic mass is 9.99. The number of thiazole rings is 1. The highest BCUT2D eigenvalue weighted by Crippen LogP contribution is 2.35. The van der Waals surface area contributed by atoms with Crippen molar-refractivity contribution in [3.05, 3.63) is 47.8 Å². The number of nitrogens with zero attached hydrogens (tertiary/aromatic N) is 2. The molecule has 1 unspecified atom stereocenters. The van der Waals surface area contributed by atoms with Crippen LogP contribution in [0.5, 0.6) is 17.2 Å². The molecule has 1 N–H and O–H groups in total. The molecule has 1 atom stereocenters. The Hall–Kier alpha value is -3.15.